The molecule has 0 aliphatic rings. The molecule has 136 valence electrons. The summed E-state index contributed by atoms with van der Waals surface area (Å²) in [6.45, 7) is 3.66. The predicted octanol–water partition coefficient (Wildman–Crippen LogP) is 4.70. The van der Waals surface area contributed by atoms with Gasteiger partial charge in [-0.3, -0.25) is 0 Å². The Balaban J connectivity index is 1.98. The van der Waals surface area contributed by atoms with Crippen molar-refractivity contribution in [2.75, 3.05) is 0 Å². The van der Waals surface area contributed by atoms with Crippen molar-refractivity contribution >= 4 is 21.1 Å². The van der Waals surface area contributed by atoms with Crippen molar-refractivity contribution in [3.8, 4) is 11.1 Å². The Bertz CT molecular complexity index is 1260. The molecule has 27 heavy (non-hydrogen) atoms. The summed E-state index contributed by atoms with van der Waals surface area (Å²) in [5, 5.41) is 0.585. The molecule has 0 fully saturated rings. The van der Waals surface area contributed by atoms with Crippen LogP contribution < -0.4 is 0 Å². The highest BCUT2D eigenvalue weighted by atomic mass is 32.2. The van der Waals surface area contributed by atoms with Crippen LogP contribution in [0.3, 0.4) is 0 Å². The van der Waals surface area contributed by atoms with Gasteiger partial charge in [0.05, 0.1) is 4.90 Å². The van der Waals surface area contributed by atoms with Crippen LogP contribution in [0.2, 0.25) is 0 Å². The zero-order chi connectivity index (χ0) is 19.2. The monoisotopic (exact) mass is 380 g/mol. The zero-order valence-corrected chi connectivity index (χ0v) is 15.7. The normalized spacial score (nSPS) is 11.8. The molecule has 0 aliphatic heterocycles. The molecule has 0 saturated heterocycles. The second kappa shape index (κ2) is 6.32. The fraction of sp³-hybridized carbons (Fsp3) is 0.0952. The SMILES string of the molecule is Cc1ccc(S(=O)(=O)n2ccc3c(-c4ccccc4F)cc(C)nc32)cc1. The van der Waals surface area contributed by atoms with Crippen LogP contribution >= 0.6 is 0 Å². The summed E-state index contributed by atoms with van der Waals surface area (Å²) < 4.78 is 41.7. The van der Waals surface area contributed by atoms with Gasteiger partial charge in [-0.25, -0.2) is 21.8 Å². The Hall–Kier alpha value is -2.99. The van der Waals surface area contributed by atoms with Crippen LogP contribution in [-0.4, -0.2) is 17.4 Å². The van der Waals surface area contributed by atoms with Gasteiger partial charge < -0.3 is 0 Å². The van der Waals surface area contributed by atoms with E-state index < -0.39 is 10.0 Å². The zero-order valence-electron chi connectivity index (χ0n) is 14.8. The number of aromatic nitrogens is 2. The predicted molar refractivity (Wildman–Crippen MR) is 104 cm³/mol. The van der Waals surface area contributed by atoms with Gasteiger partial charge in [-0.05, 0) is 49.7 Å². The van der Waals surface area contributed by atoms with E-state index in [1.54, 1.807) is 61.5 Å². The topological polar surface area (TPSA) is 52.0 Å². The van der Waals surface area contributed by atoms with Crippen molar-refractivity contribution < 1.29 is 12.8 Å². The third-order valence-corrected chi connectivity index (χ3v) is 6.17. The first-order valence-corrected chi connectivity index (χ1v) is 9.88. The molecule has 0 saturated carbocycles. The van der Waals surface area contributed by atoms with Crippen LogP contribution in [0.4, 0.5) is 4.39 Å². The van der Waals surface area contributed by atoms with Crippen LogP contribution in [-0.2, 0) is 10.0 Å². The second-order valence-corrected chi connectivity index (χ2v) is 8.27. The summed E-state index contributed by atoms with van der Waals surface area (Å²) >= 11 is 0. The molecule has 4 nitrogen and oxygen atoms in total. The maximum Gasteiger partial charge on any atom is 0.269 e. The number of nitrogens with zero attached hydrogens (tertiary/aromatic N) is 2. The minimum absolute atomic E-state index is 0.182. The molecule has 2 heterocycles. The van der Waals surface area contributed by atoms with Crippen LogP contribution in [0.25, 0.3) is 22.2 Å². The first kappa shape index (κ1) is 17.4. The number of hydrogen-bond acceptors (Lipinski definition) is 3. The number of pyridine rings is 1. The Labute approximate surface area is 157 Å². The summed E-state index contributed by atoms with van der Waals surface area (Å²) in [7, 11) is -3.80. The lowest BCUT2D eigenvalue weighted by atomic mass is 10.0. The molecule has 4 rings (SSSR count). The van der Waals surface area contributed by atoms with Gasteiger partial charge in [0.2, 0.25) is 0 Å². The summed E-state index contributed by atoms with van der Waals surface area (Å²) in [5.41, 5.74) is 2.91. The van der Waals surface area contributed by atoms with Crippen LogP contribution in [0.15, 0.2) is 71.8 Å². The lowest BCUT2D eigenvalue weighted by molar-refractivity contribution is 0.588. The lowest BCUT2D eigenvalue weighted by Gasteiger charge is -2.10. The molecule has 0 bridgehead atoms. The number of aryl methyl sites for hydroxylation is 2. The highest BCUT2D eigenvalue weighted by Crippen LogP contribution is 2.32. The van der Waals surface area contributed by atoms with Gasteiger partial charge in [0.1, 0.15) is 5.82 Å². The van der Waals surface area contributed by atoms with Crippen molar-refractivity contribution in [1.82, 2.24) is 8.96 Å². The number of benzene rings is 2. The van der Waals surface area contributed by atoms with Gasteiger partial charge >= 0.3 is 0 Å². The van der Waals surface area contributed by atoms with Gasteiger partial charge in [-0.1, -0.05) is 35.9 Å². The number of halogens is 1. The van der Waals surface area contributed by atoms with Crippen LogP contribution in [0, 0.1) is 19.7 Å². The van der Waals surface area contributed by atoms with Crippen molar-refractivity contribution in [1.29, 1.82) is 0 Å². The number of rotatable bonds is 3. The average Bonchev–Trinajstić information content (AvgIpc) is 3.06. The molecule has 0 spiro atoms. The smallest absolute Gasteiger partial charge is 0.234 e. The molecule has 4 aromatic rings. The quantitative estimate of drug-likeness (QED) is 0.518. The Kier molecular flexibility index (Phi) is 4.08. The van der Waals surface area contributed by atoms with Gasteiger partial charge in [0, 0.05) is 22.8 Å². The van der Waals surface area contributed by atoms with Crippen molar-refractivity contribution in [2.24, 2.45) is 0 Å². The Morgan fingerprint density at radius 1 is 0.926 bits per heavy atom. The molecular weight excluding hydrogens is 363 g/mol. The fourth-order valence-electron chi connectivity index (χ4n) is 3.13. The Morgan fingerprint density at radius 3 is 2.33 bits per heavy atom. The van der Waals surface area contributed by atoms with E-state index in [2.05, 4.69) is 4.98 Å². The minimum Gasteiger partial charge on any atom is -0.234 e. The van der Waals surface area contributed by atoms with E-state index >= 15 is 0 Å². The van der Waals surface area contributed by atoms with Gasteiger partial charge in [0.15, 0.2) is 5.65 Å². The average molecular weight is 380 g/mol. The lowest BCUT2D eigenvalue weighted by Crippen LogP contribution is -2.12. The second-order valence-electron chi connectivity index (χ2n) is 6.46. The highest BCUT2D eigenvalue weighted by Gasteiger charge is 2.22. The molecule has 0 unspecified atom stereocenters. The third-order valence-electron chi connectivity index (χ3n) is 4.49. The summed E-state index contributed by atoms with van der Waals surface area (Å²) in [6.07, 6.45) is 1.47. The van der Waals surface area contributed by atoms with Gasteiger partial charge in [-0.2, -0.15) is 0 Å². The summed E-state index contributed by atoms with van der Waals surface area (Å²) in [4.78, 5) is 4.60. The van der Waals surface area contributed by atoms with Crippen LogP contribution in [0.1, 0.15) is 11.3 Å². The van der Waals surface area contributed by atoms with Gasteiger partial charge in [0.25, 0.3) is 10.0 Å². The fourth-order valence-corrected chi connectivity index (χ4v) is 4.43. The van der Waals surface area contributed by atoms with Crippen LogP contribution in [0.5, 0.6) is 0 Å². The van der Waals surface area contributed by atoms with E-state index in [0.717, 1.165) is 9.54 Å². The maximum absolute atomic E-state index is 14.3. The third kappa shape index (κ3) is 2.92. The summed E-state index contributed by atoms with van der Waals surface area (Å²) in [5.74, 6) is -0.362. The van der Waals surface area contributed by atoms with E-state index in [-0.39, 0.29) is 16.4 Å². The molecule has 2 aromatic carbocycles. The van der Waals surface area contributed by atoms with E-state index in [9.17, 15) is 12.8 Å². The first-order chi connectivity index (χ1) is 12.9. The van der Waals surface area contributed by atoms with Gasteiger partial charge in [-0.15, -0.1) is 0 Å². The van der Waals surface area contributed by atoms with E-state index in [1.165, 1.54) is 12.3 Å². The molecular formula is C21H17FN2O2S. The van der Waals surface area contributed by atoms with E-state index in [0.29, 0.717) is 22.2 Å². The molecule has 0 amide bonds. The molecule has 0 N–H and O–H groups in total. The molecule has 2 aromatic heterocycles. The molecule has 6 heteroatoms. The molecule has 0 atom stereocenters. The summed E-state index contributed by atoms with van der Waals surface area (Å²) in [6, 6.07) is 16.5. The van der Waals surface area contributed by atoms with E-state index in [1.807, 2.05) is 6.92 Å². The number of fused-ring (bicyclic) bond motifs is 1. The Morgan fingerprint density at radius 2 is 1.63 bits per heavy atom. The minimum atomic E-state index is -3.80. The van der Waals surface area contributed by atoms with Crippen molar-refractivity contribution in [3.05, 3.63) is 83.9 Å². The largest absolute Gasteiger partial charge is 0.269 e. The maximum atomic E-state index is 14.3. The number of hydrogen-bond donors (Lipinski definition) is 0. The molecule has 0 radical (unpaired) electrons. The highest BCUT2D eigenvalue weighted by molar-refractivity contribution is 7.90. The molecule has 0 aliphatic carbocycles. The standard InChI is InChI=1S/C21H17FN2O2S/c1-14-7-9-16(10-8-14)27(25,26)24-12-11-18-19(13-15(2)23-21(18)24)17-5-3-4-6-20(17)22/h3-13H,1-2H3. The van der Waals surface area contributed by atoms with Crippen molar-refractivity contribution in [3.63, 3.8) is 0 Å². The van der Waals surface area contributed by atoms with E-state index in [4.69, 9.17) is 0 Å². The van der Waals surface area contributed by atoms with Crippen molar-refractivity contribution in [2.45, 2.75) is 18.7 Å². The first-order valence-electron chi connectivity index (χ1n) is 8.44.